The monoisotopic (exact) mass is 333 g/mol. The Labute approximate surface area is 149 Å². The number of aromatic nitrogens is 1. The fourth-order valence-corrected chi connectivity index (χ4v) is 4.09. The highest BCUT2D eigenvalue weighted by atomic mass is 16.5. The first kappa shape index (κ1) is 16.3. The van der Waals surface area contributed by atoms with Crippen molar-refractivity contribution in [3.63, 3.8) is 0 Å². The standard InChI is InChI=1S/C23H27NO/c1-15(2)8-7-12-23(4)13-11-18-21-19(14-16(3)22(18)25-23)17-9-5-6-10-20(17)24-21/h5-6,8-10,14,24H,7,11-13H2,1-4H3. The van der Waals surface area contributed by atoms with Crippen molar-refractivity contribution in [3.8, 4) is 5.75 Å². The van der Waals surface area contributed by atoms with E-state index in [1.54, 1.807) is 0 Å². The number of aryl methyl sites for hydroxylation is 2. The lowest BCUT2D eigenvalue weighted by Gasteiger charge is -2.37. The van der Waals surface area contributed by atoms with Gasteiger partial charge in [-0.1, -0.05) is 29.8 Å². The summed E-state index contributed by atoms with van der Waals surface area (Å²) in [6, 6.07) is 10.8. The van der Waals surface area contributed by atoms with Crippen molar-refractivity contribution in [2.45, 2.75) is 59.0 Å². The SMILES string of the molecule is CC(C)=CCCC1(C)CCc2c(c(C)cc3c2[nH]c2ccccc23)O1. The molecular weight excluding hydrogens is 306 g/mol. The van der Waals surface area contributed by atoms with Gasteiger partial charge in [0, 0.05) is 21.9 Å². The third kappa shape index (κ3) is 2.84. The molecule has 3 aromatic rings. The summed E-state index contributed by atoms with van der Waals surface area (Å²) in [5.74, 6) is 1.10. The predicted molar refractivity (Wildman–Crippen MR) is 107 cm³/mol. The highest BCUT2D eigenvalue weighted by Gasteiger charge is 2.33. The normalized spacial score (nSPS) is 19.7. The molecule has 2 aromatic carbocycles. The summed E-state index contributed by atoms with van der Waals surface area (Å²) in [5, 5.41) is 2.63. The lowest BCUT2D eigenvalue weighted by atomic mass is 9.87. The number of para-hydroxylation sites is 1. The summed E-state index contributed by atoms with van der Waals surface area (Å²) in [6.45, 7) is 8.78. The third-order valence-corrected chi connectivity index (χ3v) is 5.52. The first-order valence-electron chi connectivity index (χ1n) is 9.32. The van der Waals surface area contributed by atoms with Crippen molar-refractivity contribution < 1.29 is 4.74 Å². The first-order chi connectivity index (χ1) is 12.0. The smallest absolute Gasteiger partial charge is 0.128 e. The van der Waals surface area contributed by atoms with Crippen LogP contribution in [0.15, 0.2) is 42.0 Å². The number of nitrogens with one attached hydrogen (secondary N) is 1. The Balaban J connectivity index is 1.76. The fraction of sp³-hybridized carbons (Fsp3) is 0.391. The first-order valence-corrected chi connectivity index (χ1v) is 9.32. The van der Waals surface area contributed by atoms with Gasteiger partial charge >= 0.3 is 0 Å². The van der Waals surface area contributed by atoms with E-state index in [1.807, 2.05) is 0 Å². The quantitative estimate of drug-likeness (QED) is 0.547. The molecule has 2 heterocycles. The second-order valence-electron chi connectivity index (χ2n) is 7.97. The van der Waals surface area contributed by atoms with Crippen molar-refractivity contribution in [1.29, 1.82) is 0 Å². The molecule has 0 saturated heterocycles. The molecule has 1 aromatic heterocycles. The van der Waals surface area contributed by atoms with Gasteiger partial charge in [0.2, 0.25) is 0 Å². The summed E-state index contributed by atoms with van der Waals surface area (Å²) in [5.41, 5.74) is 6.39. The van der Waals surface area contributed by atoms with Crippen LogP contribution in [0, 0.1) is 6.92 Å². The molecule has 2 heteroatoms. The molecule has 1 aliphatic rings. The van der Waals surface area contributed by atoms with Crippen molar-refractivity contribution in [3.05, 3.63) is 53.1 Å². The molecule has 4 rings (SSSR count). The molecule has 1 aliphatic heterocycles. The number of aromatic amines is 1. The van der Waals surface area contributed by atoms with E-state index >= 15 is 0 Å². The maximum Gasteiger partial charge on any atom is 0.128 e. The van der Waals surface area contributed by atoms with E-state index in [9.17, 15) is 0 Å². The van der Waals surface area contributed by atoms with Gasteiger partial charge < -0.3 is 9.72 Å². The second kappa shape index (κ2) is 5.94. The van der Waals surface area contributed by atoms with Crippen molar-refractivity contribution in [2.24, 2.45) is 0 Å². The van der Waals surface area contributed by atoms with Crippen LogP contribution < -0.4 is 4.74 Å². The van der Waals surface area contributed by atoms with Crippen LogP contribution in [-0.4, -0.2) is 10.6 Å². The molecule has 2 nitrogen and oxygen atoms in total. The zero-order valence-corrected chi connectivity index (χ0v) is 15.7. The minimum Gasteiger partial charge on any atom is -0.487 e. The van der Waals surface area contributed by atoms with E-state index in [4.69, 9.17) is 4.74 Å². The van der Waals surface area contributed by atoms with Crippen LogP contribution in [0.4, 0.5) is 0 Å². The van der Waals surface area contributed by atoms with Crippen LogP contribution in [0.25, 0.3) is 21.8 Å². The number of benzene rings is 2. The highest BCUT2D eigenvalue weighted by molar-refractivity contribution is 6.09. The molecule has 0 radical (unpaired) electrons. The molecule has 0 aliphatic carbocycles. The van der Waals surface area contributed by atoms with Crippen LogP contribution >= 0.6 is 0 Å². The van der Waals surface area contributed by atoms with E-state index in [0.29, 0.717) is 0 Å². The van der Waals surface area contributed by atoms with Gasteiger partial charge in [-0.15, -0.1) is 0 Å². The minimum atomic E-state index is -0.0661. The molecule has 0 bridgehead atoms. The summed E-state index contributed by atoms with van der Waals surface area (Å²) in [7, 11) is 0. The summed E-state index contributed by atoms with van der Waals surface area (Å²) in [4.78, 5) is 3.63. The number of ether oxygens (including phenoxy) is 1. The van der Waals surface area contributed by atoms with Gasteiger partial charge in [-0.2, -0.15) is 0 Å². The summed E-state index contributed by atoms with van der Waals surface area (Å²) in [6.07, 6.45) is 6.62. The molecular formula is C23H27NO. The molecule has 1 atom stereocenters. The molecule has 1 N–H and O–H groups in total. The second-order valence-corrected chi connectivity index (χ2v) is 7.97. The number of H-pyrrole nitrogens is 1. The van der Waals surface area contributed by atoms with Crippen molar-refractivity contribution in [2.75, 3.05) is 0 Å². The van der Waals surface area contributed by atoms with Crippen molar-refractivity contribution >= 4 is 21.8 Å². The maximum absolute atomic E-state index is 6.59. The minimum absolute atomic E-state index is 0.0661. The van der Waals surface area contributed by atoms with Crippen LogP contribution in [-0.2, 0) is 6.42 Å². The number of allylic oxidation sites excluding steroid dienone is 2. The van der Waals surface area contributed by atoms with E-state index < -0.39 is 0 Å². The average Bonchev–Trinajstić information content (AvgIpc) is 2.93. The van der Waals surface area contributed by atoms with Crippen LogP contribution in [0.2, 0.25) is 0 Å². The van der Waals surface area contributed by atoms with E-state index in [-0.39, 0.29) is 5.60 Å². The molecule has 0 fully saturated rings. The average molecular weight is 333 g/mol. The molecule has 1 unspecified atom stereocenters. The van der Waals surface area contributed by atoms with Crippen LogP contribution in [0.1, 0.15) is 51.2 Å². The van der Waals surface area contributed by atoms with Gasteiger partial charge in [0.15, 0.2) is 0 Å². The fourth-order valence-electron chi connectivity index (χ4n) is 4.09. The van der Waals surface area contributed by atoms with E-state index in [1.165, 1.54) is 38.5 Å². The zero-order valence-electron chi connectivity index (χ0n) is 15.7. The molecule has 130 valence electrons. The Morgan fingerprint density at radius 3 is 2.84 bits per heavy atom. The van der Waals surface area contributed by atoms with E-state index in [2.05, 4.69) is 69.1 Å². The number of hydrogen-bond acceptors (Lipinski definition) is 1. The Morgan fingerprint density at radius 2 is 2.04 bits per heavy atom. The Bertz CT molecular complexity index is 975. The maximum atomic E-state index is 6.59. The largest absolute Gasteiger partial charge is 0.487 e. The van der Waals surface area contributed by atoms with Gasteiger partial charge in [-0.3, -0.25) is 0 Å². The zero-order chi connectivity index (χ0) is 17.6. The molecule has 0 amide bonds. The number of hydrogen-bond donors (Lipinski definition) is 1. The van der Waals surface area contributed by atoms with Crippen LogP contribution in [0.5, 0.6) is 5.75 Å². The summed E-state index contributed by atoms with van der Waals surface area (Å²) < 4.78 is 6.59. The number of rotatable bonds is 3. The van der Waals surface area contributed by atoms with Gasteiger partial charge in [0.05, 0.1) is 5.52 Å². The summed E-state index contributed by atoms with van der Waals surface area (Å²) >= 11 is 0. The highest BCUT2D eigenvalue weighted by Crippen LogP contribution is 2.43. The van der Waals surface area contributed by atoms with E-state index in [0.717, 1.165) is 31.4 Å². The molecule has 0 saturated carbocycles. The lowest BCUT2D eigenvalue weighted by molar-refractivity contribution is 0.0568. The van der Waals surface area contributed by atoms with Gasteiger partial charge in [-0.05, 0) is 71.1 Å². The lowest BCUT2D eigenvalue weighted by Crippen LogP contribution is -2.36. The molecule has 25 heavy (non-hydrogen) atoms. The van der Waals surface area contributed by atoms with Crippen LogP contribution in [0.3, 0.4) is 0 Å². The topological polar surface area (TPSA) is 25.0 Å². The third-order valence-electron chi connectivity index (χ3n) is 5.52. The Kier molecular flexibility index (Phi) is 3.87. The Hall–Kier alpha value is -2.22. The van der Waals surface area contributed by atoms with Gasteiger partial charge in [-0.25, -0.2) is 0 Å². The Morgan fingerprint density at radius 1 is 1.24 bits per heavy atom. The van der Waals surface area contributed by atoms with Crippen molar-refractivity contribution in [1.82, 2.24) is 4.98 Å². The van der Waals surface area contributed by atoms with Gasteiger partial charge in [0.1, 0.15) is 11.4 Å². The molecule has 0 spiro atoms. The number of fused-ring (bicyclic) bond motifs is 5. The predicted octanol–water partition coefficient (Wildman–Crippen LogP) is 6.46. The van der Waals surface area contributed by atoms with Gasteiger partial charge in [0.25, 0.3) is 0 Å².